The molecule has 0 saturated carbocycles. The molecule has 0 saturated heterocycles. The third kappa shape index (κ3) is 10.4. The molecule has 164 valence electrons. The second kappa shape index (κ2) is 14.9. The molecule has 1 atom stereocenters. The normalized spacial score (nSPS) is 16.8. The van der Waals surface area contributed by atoms with Crippen LogP contribution in [-0.2, 0) is 19.2 Å². The zero-order valence-corrected chi connectivity index (χ0v) is 17.8. The molecule has 0 bridgehead atoms. The molecule has 0 spiro atoms. The minimum Gasteiger partial charge on any atom is -0.481 e. The number of carbonyl (C=O) groups excluding carboxylic acids is 3. The number of hydrogen-bond acceptors (Lipinski definition) is 5. The molecular formula is C23H37NO5. The van der Waals surface area contributed by atoms with Crippen molar-refractivity contribution in [1.82, 2.24) is 5.32 Å². The van der Waals surface area contributed by atoms with Crippen LogP contribution < -0.4 is 5.32 Å². The Morgan fingerprint density at radius 3 is 1.97 bits per heavy atom. The summed E-state index contributed by atoms with van der Waals surface area (Å²) in [5.41, 5.74) is 0.146. The van der Waals surface area contributed by atoms with Gasteiger partial charge in [0, 0.05) is 19.0 Å². The van der Waals surface area contributed by atoms with E-state index in [4.69, 9.17) is 5.11 Å². The van der Waals surface area contributed by atoms with Crippen molar-refractivity contribution >= 4 is 23.3 Å². The molecule has 0 amide bonds. The van der Waals surface area contributed by atoms with E-state index in [-0.39, 0.29) is 24.4 Å². The predicted molar refractivity (Wildman–Crippen MR) is 113 cm³/mol. The molecule has 6 heteroatoms. The van der Waals surface area contributed by atoms with Gasteiger partial charge in [0.2, 0.25) is 11.6 Å². The van der Waals surface area contributed by atoms with Crippen LogP contribution in [0.15, 0.2) is 11.8 Å². The van der Waals surface area contributed by atoms with Crippen LogP contribution in [0.5, 0.6) is 0 Å². The molecule has 1 aliphatic rings. The summed E-state index contributed by atoms with van der Waals surface area (Å²) in [7, 11) is 0. The van der Waals surface area contributed by atoms with E-state index in [1.54, 1.807) is 0 Å². The zero-order valence-electron chi connectivity index (χ0n) is 17.8. The van der Waals surface area contributed by atoms with Crippen molar-refractivity contribution in [2.45, 2.75) is 96.8 Å². The number of allylic oxidation sites excluding steroid dienone is 2. The van der Waals surface area contributed by atoms with Crippen LogP contribution in [0.2, 0.25) is 0 Å². The third-order valence-corrected chi connectivity index (χ3v) is 5.40. The second-order valence-corrected chi connectivity index (χ2v) is 7.95. The molecule has 0 aromatic rings. The Bertz CT molecular complexity index is 582. The third-order valence-electron chi connectivity index (χ3n) is 5.40. The highest BCUT2D eigenvalue weighted by Crippen LogP contribution is 2.21. The molecule has 0 fully saturated rings. The first kappa shape index (κ1) is 25.1. The van der Waals surface area contributed by atoms with Crippen molar-refractivity contribution in [1.29, 1.82) is 0 Å². The molecule has 0 radical (unpaired) electrons. The Morgan fingerprint density at radius 1 is 0.862 bits per heavy atom. The number of Topliss-reactive ketones (excluding diaryl/α,β-unsaturated/α-hetero) is 2. The van der Waals surface area contributed by atoms with Crippen molar-refractivity contribution in [3.05, 3.63) is 11.8 Å². The summed E-state index contributed by atoms with van der Waals surface area (Å²) in [5.74, 6) is -3.38. The highest BCUT2D eigenvalue weighted by atomic mass is 16.4. The Morgan fingerprint density at radius 2 is 1.41 bits per heavy atom. The quantitative estimate of drug-likeness (QED) is 0.211. The fraction of sp³-hybridized carbons (Fsp3) is 0.739. The fourth-order valence-corrected chi connectivity index (χ4v) is 3.63. The predicted octanol–water partition coefficient (Wildman–Crippen LogP) is 4.36. The Kier molecular flexibility index (Phi) is 12.9. The van der Waals surface area contributed by atoms with Crippen molar-refractivity contribution < 1.29 is 24.3 Å². The number of aliphatic carboxylic acids is 1. The Hall–Kier alpha value is -1.98. The zero-order chi connectivity index (χ0) is 21.5. The summed E-state index contributed by atoms with van der Waals surface area (Å²) < 4.78 is 0. The van der Waals surface area contributed by atoms with Gasteiger partial charge in [0.1, 0.15) is 0 Å². The smallest absolute Gasteiger partial charge is 0.303 e. The monoisotopic (exact) mass is 407 g/mol. The maximum absolute atomic E-state index is 12.5. The lowest BCUT2D eigenvalue weighted by Gasteiger charge is -2.20. The summed E-state index contributed by atoms with van der Waals surface area (Å²) in [6.07, 6.45) is 14.9. The average molecular weight is 408 g/mol. The van der Waals surface area contributed by atoms with E-state index in [1.807, 2.05) is 0 Å². The Balaban J connectivity index is 2.23. The largest absolute Gasteiger partial charge is 0.481 e. The van der Waals surface area contributed by atoms with Crippen LogP contribution in [0.4, 0.5) is 0 Å². The van der Waals surface area contributed by atoms with E-state index in [9.17, 15) is 19.2 Å². The SMILES string of the molecule is CCCCCCCCCCCCCC1C(=O)C(=O)C=C(NCCCC(=O)O)C1=O. The molecule has 0 heterocycles. The van der Waals surface area contributed by atoms with Crippen LogP contribution in [0.25, 0.3) is 0 Å². The van der Waals surface area contributed by atoms with Gasteiger partial charge in [-0.05, 0) is 12.8 Å². The first-order chi connectivity index (χ1) is 14.0. The van der Waals surface area contributed by atoms with Crippen molar-refractivity contribution in [3.8, 4) is 0 Å². The van der Waals surface area contributed by atoms with Crippen LogP contribution in [0.1, 0.15) is 96.8 Å². The number of hydrogen-bond donors (Lipinski definition) is 2. The first-order valence-electron chi connectivity index (χ1n) is 11.3. The van der Waals surface area contributed by atoms with E-state index in [1.165, 1.54) is 51.4 Å². The number of carbonyl (C=O) groups is 4. The van der Waals surface area contributed by atoms with Crippen LogP contribution in [-0.4, -0.2) is 35.0 Å². The molecular weight excluding hydrogens is 370 g/mol. The van der Waals surface area contributed by atoms with E-state index in [0.29, 0.717) is 12.8 Å². The molecule has 6 nitrogen and oxygen atoms in total. The topological polar surface area (TPSA) is 101 Å². The van der Waals surface area contributed by atoms with Crippen LogP contribution in [0, 0.1) is 5.92 Å². The first-order valence-corrected chi connectivity index (χ1v) is 11.3. The molecule has 29 heavy (non-hydrogen) atoms. The molecule has 1 unspecified atom stereocenters. The van der Waals surface area contributed by atoms with Crippen LogP contribution in [0.3, 0.4) is 0 Å². The van der Waals surface area contributed by atoms with Gasteiger partial charge in [-0.15, -0.1) is 0 Å². The molecule has 1 aliphatic carbocycles. The minimum atomic E-state index is -0.906. The van der Waals surface area contributed by atoms with Crippen LogP contribution >= 0.6 is 0 Å². The van der Waals surface area contributed by atoms with E-state index >= 15 is 0 Å². The standard InChI is InChI=1S/C23H37NO5/c1-2-3-4-5-6-7-8-9-10-11-12-14-18-22(28)19(17-20(25)23(18)29)24-16-13-15-21(26)27/h17-18,24H,2-16H2,1H3,(H,26,27). The van der Waals surface area contributed by atoms with E-state index in [2.05, 4.69) is 12.2 Å². The molecule has 0 aliphatic heterocycles. The summed E-state index contributed by atoms with van der Waals surface area (Å²) in [6.45, 7) is 2.51. The van der Waals surface area contributed by atoms with Gasteiger partial charge >= 0.3 is 5.97 Å². The lowest BCUT2D eigenvalue weighted by Crippen LogP contribution is -2.39. The van der Waals surface area contributed by atoms with Crippen molar-refractivity contribution in [3.63, 3.8) is 0 Å². The van der Waals surface area contributed by atoms with Gasteiger partial charge in [-0.1, -0.05) is 77.6 Å². The van der Waals surface area contributed by atoms with Crippen molar-refractivity contribution in [2.75, 3.05) is 6.54 Å². The maximum Gasteiger partial charge on any atom is 0.303 e. The second-order valence-electron chi connectivity index (χ2n) is 7.95. The molecule has 0 aromatic heterocycles. The van der Waals surface area contributed by atoms with Gasteiger partial charge < -0.3 is 10.4 Å². The van der Waals surface area contributed by atoms with Gasteiger partial charge in [-0.25, -0.2) is 0 Å². The van der Waals surface area contributed by atoms with Crippen molar-refractivity contribution in [2.24, 2.45) is 5.92 Å². The minimum absolute atomic E-state index is 0.0104. The Labute approximate surface area is 174 Å². The summed E-state index contributed by atoms with van der Waals surface area (Å²) in [6, 6.07) is 0. The number of rotatable bonds is 17. The van der Waals surface area contributed by atoms with E-state index < -0.39 is 23.5 Å². The molecule has 2 N–H and O–H groups in total. The summed E-state index contributed by atoms with van der Waals surface area (Å²) in [5, 5.41) is 11.5. The summed E-state index contributed by atoms with van der Waals surface area (Å²) >= 11 is 0. The van der Waals surface area contributed by atoms with Gasteiger partial charge in [0.15, 0.2) is 5.78 Å². The van der Waals surface area contributed by atoms with E-state index in [0.717, 1.165) is 25.3 Å². The average Bonchev–Trinajstić information content (AvgIpc) is 2.69. The number of nitrogens with one attached hydrogen (secondary N) is 1. The number of ketones is 3. The molecule has 1 rings (SSSR count). The number of carboxylic acid groups (broad SMARTS) is 1. The van der Waals surface area contributed by atoms with Gasteiger partial charge in [-0.3, -0.25) is 19.2 Å². The lowest BCUT2D eigenvalue weighted by molar-refractivity contribution is -0.141. The highest BCUT2D eigenvalue weighted by molar-refractivity contribution is 6.49. The number of carboxylic acids is 1. The highest BCUT2D eigenvalue weighted by Gasteiger charge is 2.36. The lowest BCUT2D eigenvalue weighted by atomic mass is 9.84. The summed E-state index contributed by atoms with van der Waals surface area (Å²) in [4.78, 5) is 47.0. The maximum atomic E-state index is 12.5. The number of unbranched alkanes of at least 4 members (excludes halogenated alkanes) is 10. The van der Waals surface area contributed by atoms with Gasteiger partial charge in [-0.2, -0.15) is 0 Å². The molecule has 0 aromatic carbocycles. The van der Waals surface area contributed by atoms with Gasteiger partial charge in [0.25, 0.3) is 0 Å². The fourth-order valence-electron chi connectivity index (χ4n) is 3.63. The van der Waals surface area contributed by atoms with Gasteiger partial charge in [0.05, 0.1) is 11.6 Å².